The van der Waals surface area contributed by atoms with E-state index < -0.39 is 15.8 Å². The van der Waals surface area contributed by atoms with E-state index in [2.05, 4.69) is 25.6 Å². The zero-order chi connectivity index (χ0) is 14.9. The molecule has 2 rings (SSSR count). The number of hydrogen-bond donors (Lipinski definition) is 1. The molecule has 5 nitrogen and oxygen atoms in total. The SMILES string of the molecule is CCn1cc(S(=O)(=O)Nc2ccc(F)c(Br)c2)nc1C. The van der Waals surface area contributed by atoms with Crippen molar-refractivity contribution in [2.24, 2.45) is 0 Å². The summed E-state index contributed by atoms with van der Waals surface area (Å²) in [6.45, 7) is 4.27. The first-order valence-electron chi connectivity index (χ1n) is 5.85. The van der Waals surface area contributed by atoms with E-state index in [9.17, 15) is 12.8 Å². The summed E-state index contributed by atoms with van der Waals surface area (Å²) in [4.78, 5) is 4.02. The number of imidazole rings is 1. The van der Waals surface area contributed by atoms with E-state index in [4.69, 9.17) is 0 Å². The third kappa shape index (κ3) is 3.01. The fourth-order valence-electron chi connectivity index (χ4n) is 1.70. The van der Waals surface area contributed by atoms with Crippen LogP contribution in [-0.2, 0) is 16.6 Å². The molecule has 0 bridgehead atoms. The molecule has 1 N–H and O–H groups in total. The van der Waals surface area contributed by atoms with Gasteiger partial charge in [-0.15, -0.1) is 0 Å². The average molecular weight is 362 g/mol. The van der Waals surface area contributed by atoms with Gasteiger partial charge in [0.2, 0.25) is 0 Å². The van der Waals surface area contributed by atoms with Gasteiger partial charge in [-0.1, -0.05) is 0 Å². The molecule has 0 aliphatic carbocycles. The molecule has 8 heteroatoms. The highest BCUT2D eigenvalue weighted by Crippen LogP contribution is 2.22. The highest BCUT2D eigenvalue weighted by atomic mass is 79.9. The first-order chi connectivity index (χ1) is 9.33. The molecule has 108 valence electrons. The van der Waals surface area contributed by atoms with Gasteiger partial charge in [0.05, 0.1) is 10.2 Å². The minimum atomic E-state index is -3.78. The Kier molecular flexibility index (Phi) is 4.14. The van der Waals surface area contributed by atoms with Crippen molar-refractivity contribution >= 4 is 31.6 Å². The maximum atomic E-state index is 13.1. The number of nitrogens with one attached hydrogen (secondary N) is 1. The van der Waals surface area contributed by atoms with Crippen LogP contribution in [0.15, 0.2) is 33.9 Å². The number of anilines is 1. The number of benzene rings is 1. The number of hydrogen-bond acceptors (Lipinski definition) is 3. The van der Waals surface area contributed by atoms with Crippen LogP contribution in [0.4, 0.5) is 10.1 Å². The number of halogens is 2. The zero-order valence-corrected chi connectivity index (χ0v) is 13.3. The van der Waals surface area contributed by atoms with Crippen molar-refractivity contribution in [3.8, 4) is 0 Å². The monoisotopic (exact) mass is 361 g/mol. The highest BCUT2D eigenvalue weighted by Gasteiger charge is 2.19. The second kappa shape index (κ2) is 5.53. The van der Waals surface area contributed by atoms with Crippen LogP contribution >= 0.6 is 15.9 Å². The number of nitrogens with zero attached hydrogens (tertiary/aromatic N) is 2. The maximum absolute atomic E-state index is 13.1. The Labute approximate surface area is 125 Å². The number of rotatable bonds is 4. The Morgan fingerprint density at radius 1 is 1.45 bits per heavy atom. The Bertz CT molecular complexity index is 743. The lowest BCUT2D eigenvalue weighted by Gasteiger charge is -2.06. The summed E-state index contributed by atoms with van der Waals surface area (Å²) in [6.07, 6.45) is 1.47. The summed E-state index contributed by atoms with van der Waals surface area (Å²) in [5.74, 6) is 0.159. The van der Waals surface area contributed by atoms with E-state index in [0.29, 0.717) is 12.4 Å². The fourth-order valence-corrected chi connectivity index (χ4v) is 3.13. The van der Waals surface area contributed by atoms with Crippen LogP contribution in [0.5, 0.6) is 0 Å². The molecule has 0 atom stereocenters. The summed E-state index contributed by atoms with van der Waals surface area (Å²) >= 11 is 3.01. The molecule has 0 radical (unpaired) electrons. The van der Waals surface area contributed by atoms with E-state index in [1.807, 2.05) is 6.92 Å². The Morgan fingerprint density at radius 3 is 2.70 bits per heavy atom. The first-order valence-corrected chi connectivity index (χ1v) is 8.12. The van der Waals surface area contributed by atoms with Crippen molar-refractivity contribution in [3.63, 3.8) is 0 Å². The van der Waals surface area contributed by atoms with Gasteiger partial charge in [-0.05, 0) is 48.0 Å². The van der Waals surface area contributed by atoms with Crippen molar-refractivity contribution in [2.75, 3.05) is 4.72 Å². The second-order valence-corrected chi connectivity index (χ2v) is 6.63. The highest BCUT2D eigenvalue weighted by molar-refractivity contribution is 9.10. The molecule has 0 spiro atoms. The van der Waals surface area contributed by atoms with Crippen molar-refractivity contribution in [2.45, 2.75) is 25.4 Å². The molecule has 0 amide bonds. The van der Waals surface area contributed by atoms with E-state index in [1.165, 1.54) is 24.4 Å². The second-order valence-electron chi connectivity index (χ2n) is 4.15. The molecule has 1 aromatic heterocycles. The maximum Gasteiger partial charge on any atom is 0.280 e. The van der Waals surface area contributed by atoms with Crippen molar-refractivity contribution in [1.29, 1.82) is 0 Å². The van der Waals surface area contributed by atoms with Gasteiger partial charge in [0.25, 0.3) is 10.0 Å². The lowest BCUT2D eigenvalue weighted by molar-refractivity contribution is 0.597. The predicted molar refractivity (Wildman–Crippen MR) is 77.5 cm³/mol. The third-order valence-corrected chi connectivity index (χ3v) is 4.60. The van der Waals surface area contributed by atoms with Crippen LogP contribution in [0.2, 0.25) is 0 Å². The lowest BCUT2D eigenvalue weighted by Crippen LogP contribution is -2.13. The average Bonchev–Trinajstić information content (AvgIpc) is 2.76. The van der Waals surface area contributed by atoms with Gasteiger partial charge in [0.15, 0.2) is 5.03 Å². The van der Waals surface area contributed by atoms with Crippen LogP contribution in [0.1, 0.15) is 12.7 Å². The summed E-state index contributed by atoms with van der Waals surface area (Å²) in [5, 5.41) is -0.0581. The van der Waals surface area contributed by atoms with Crippen LogP contribution < -0.4 is 4.72 Å². The summed E-state index contributed by atoms with van der Waals surface area (Å²) in [5.41, 5.74) is 0.266. The lowest BCUT2D eigenvalue weighted by atomic mass is 10.3. The third-order valence-electron chi connectivity index (χ3n) is 2.74. The molecule has 0 saturated heterocycles. The van der Waals surface area contributed by atoms with Gasteiger partial charge in [-0.3, -0.25) is 4.72 Å². The van der Waals surface area contributed by atoms with Gasteiger partial charge in [-0.2, -0.15) is 8.42 Å². The molecule has 20 heavy (non-hydrogen) atoms. The van der Waals surface area contributed by atoms with Gasteiger partial charge in [0, 0.05) is 12.7 Å². The molecule has 1 aromatic carbocycles. The van der Waals surface area contributed by atoms with Crippen LogP contribution in [-0.4, -0.2) is 18.0 Å². The predicted octanol–water partition coefficient (Wildman–Crippen LogP) is 2.91. The van der Waals surface area contributed by atoms with Crippen LogP contribution in [0, 0.1) is 12.7 Å². The number of aromatic nitrogens is 2. The molecular formula is C12H13BrFN3O2S. The van der Waals surface area contributed by atoms with Crippen molar-refractivity contribution in [3.05, 3.63) is 40.5 Å². The quantitative estimate of drug-likeness (QED) is 0.910. The van der Waals surface area contributed by atoms with E-state index in [0.717, 1.165) is 0 Å². The molecule has 2 aromatic rings. The summed E-state index contributed by atoms with van der Waals surface area (Å²) in [7, 11) is -3.78. The molecule has 1 heterocycles. The van der Waals surface area contributed by atoms with Gasteiger partial charge < -0.3 is 4.57 Å². The largest absolute Gasteiger partial charge is 0.334 e. The van der Waals surface area contributed by atoms with Crippen LogP contribution in [0.25, 0.3) is 0 Å². The topological polar surface area (TPSA) is 64.0 Å². The molecule has 0 aliphatic rings. The Morgan fingerprint density at radius 2 is 2.15 bits per heavy atom. The number of sulfonamides is 1. The van der Waals surface area contributed by atoms with Crippen LogP contribution in [0.3, 0.4) is 0 Å². The van der Waals surface area contributed by atoms with Crippen molar-refractivity contribution in [1.82, 2.24) is 9.55 Å². The normalized spacial score (nSPS) is 11.6. The minimum absolute atomic E-state index is 0.0581. The van der Waals surface area contributed by atoms with Crippen molar-refractivity contribution < 1.29 is 12.8 Å². The number of aryl methyl sites for hydroxylation is 2. The Hall–Kier alpha value is -1.41. The standard InChI is InChI=1S/C12H13BrFN3O2S/c1-3-17-7-12(15-8(17)2)20(18,19)16-9-4-5-11(14)10(13)6-9/h4-7,16H,3H2,1-2H3. The van der Waals surface area contributed by atoms with Gasteiger partial charge in [-0.25, -0.2) is 9.37 Å². The molecule has 0 aliphatic heterocycles. The summed E-state index contributed by atoms with van der Waals surface area (Å²) < 4.78 is 41.8. The smallest absolute Gasteiger partial charge is 0.280 e. The molecule has 0 unspecified atom stereocenters. The van der Waals surface area contributed by atoms with Gasteiger partial charge in [0.1, 0.15) is 11.6 Å². The van der Waals surface area contributed by atoms with E-state index >= 15 is 0 Å². The zero-order valence-electron chi connectivity index (χ0n) is 10.9. The molecular weight excluding hydrogens is 349 g/mol. The van der Waals surface area contributed by atoms with E-state index in [1.54, 1.807) is 11.5 Å². The Balaban J connectivity index is 2.32. The minimum Gasteiger partial charge on any atom is -0.334 e. The fraction of sp³-hybridized carbons (Fsp3) is 0.250. The molecule has 0 saturated carbocycles. The van der Waals surface area contributed by atoms with Gasteiger partial charge >= 0.3 is 0 Å². The first kappa shape index (κ1) is 15.0. The molecule has 0 fully saturated rings. The summed E-state index contributed by atoms with van der Waals surface area (Å²) in [6, 6.07) is 3.88. The van der Waals surface area contributed by atoms with E-state index in [-0.39, 0.29) is 15.2 Å².